The Labute approximate surface area is 364 Å². The molecule has 3 rings (SSSR count). The molecule has 3 fully saturated rings. The van der Waals surface area contributed by atoms with Crippen LogP contribution in [-0.2, 0) is 47.4 Å². The van der Waals surface area contributed by atoms with E-state index in [2.05, 4.69) is 21.3 Å². The monoisotopic (exact) mass is 892 g/mol. The van der Waals surface area contributed by atoms with Gasteiger partial charge in [0, 0.05) is 13.5 Å². The number of hydrogen-bond acceptors (Lipinski definition) is 17. The van der Waals surface area contributed by atoms with Crippen molar-refractivity contribution in [1.82, 2.24) is 21.3 Å². The van der Waals surface area contributed by atoms with Gasteiger partial charge in [0.25, 0.3) is 0 Å². The van der Waals surface area contributed by atoms with Gasteiger partial charge in [0.15, 0.2) is 18.7 Å². The van der Waals surface area contributed by atoms with E-state index in [1.807, 2.05) is 0 Å². The molecule has 0 aromatic heterocycles. The van der Waals surface area contributed by atoms with Gasteiger partial charge in [-0.3, -0.25) is 4.79 Å². The zero-order valence-corrected chi connectivity index (χ0v) is 38.6. The maximum atomic E-state index is 13.3. The zero-order valence-electron chi connectivity index (χ0n) is 38.6. The maximum absolute atomic E-state index is 13.3. The standard InChI is InChI=1S/C41H72N4O17/c1-20-17-24(44-36(52)61-40(9,10)11)30(58-32-23(43-35(51)60-39(6,7)8)16-15-22(55-32)18-42-34(50)59-38(3,4)5)28(49)29(20)57-33-31(54-21(2)47)26(27(48)25(19-46)56-33)45-37(53)62-41(12,13)14/h20,22-33,46,48-49H,15-19H2,1-14H3,(H,42,50)(H,43,51)(H,44,52)(H,45,53)/t20-,22?,23?,24+,25?,26+,27+,28?,29-,30?,31?,32+,33+/m1/s1. The Kier molecular flexibility index (Phi) is 18.1. The van der Waals surface area contributed by atoms with E-state index < -0.39 is 139 Å². The molecule has 1 aliphatic carbocycles. The number of hydrogen-bond donors (Lipinski definition) is 7. The van der Waals surface area contributed by atoms with E-state index in [0.717, 1.165) is 6.92 Å². The van der Waals surface area contributed by atoms with Gasteiger partial charge >= 0.3 is 30.3 Å². The molecule has 0 spiro atoms. The van der Waals surface area contributed by atoms with E-state index in [-0.39, 0.29) is 19.4 Å². The molecule has 3 aliphatic rings. The molecule has 21 nitrogen and oxygen atoms in total. The van der Waals surface area contributed by atoms with Gasteiger partial charge in [-0.05, 0) is 108 Å². The van der Waals surface area contributed by atoms with Gasteiger partial charge in [-0.15, -0.1) is 0 Å². The van der Waals surface area contributed by atoms with Crippen molar-refractivity contribution < 1.29 is 81.9 Å². The van der Waals surface area contributed by atoms with Crippen LogP contribution in [0.3, 0.4) is 0 Å². The van der Waals surface area contributed by atoms with Crippen molar-refractivity contribution in [3.8, 4) is 0 Å². The predicted molar refractivity (Wildman–Crippen MR) is 218 cm³/mol. The Morgan fingerprint density at radius 1 is 0.613 bits per heavy atom. The molecule has 2 heterocycles. The number of rotatable bonds is 11. The summed E-state index contributed by atoms with van der Waals surface area (Å²) in [4.78, 5) is 64.3. The van der Waals surface area contributed by atoms with Crippen molar-refractivity contribution in [3.05, 3.63) is 0 Å². The van der Waals surface area contributed by atoms with E-state index in [4.69, 9.17) is 42.6 Å². The number of aliphatic hydroxyl groups excluding tert-OH is 3. The van der Waals surface area contributed by atoms with Gasteiger partial charge in [-0.25, -0.2) is 19.2 Å². The Bertz CT molecular complexity index is 1520. The fraction of sp³-hybridized carbons (Fsp3) is 0.878. The number of ether oxygens (including phenoxy) is 9. The molecular weight excluding hydrogens is 820 g/mol. The second kappa shape index (κ2) is 21.3. The van der Waals surface area contributed by atoms with Crippen LogP contribution in [0.4, 0.5) is 19.2 Å². The minimum Gasteiger partial charge on any atom is -0.455 e. The number of carbonyl (C=O) groups is 5. The molecule has 0 aromatic carbocycles. The van der Waals surface area contributed by atoms with Gasteiger partial charge in [0.2, 0.25) is 0 Å². The molecule has 358 valence electrons. The third kappa shape index (κ3) is 17.1. The predicted octanol–water partition coefficient (Wildman–Crippen LogP) is 2.88. The summed E-state index contributed by atoms with van der Waals surface area (Å²) in [5.74, 6) is -1.44. The average Bonchev–Trinajstić information content (AvgIpc) is 3.07. The van der Waals surface area contributed by atoms with E-state index in [1.54, 1.807) is 90.0 Å². The third-order valence-corrected chi connectivity index (χ3v) is 9.42. The van der Waals surface area contributed by atoms with Gasteiger partial charge in [-0.1, -0.05) is 6.92 Å². The SMILES string of the molecule is CC(=O)OC1[C@H](O[C@H]2C(O)C(O[C@@H]3OC(CNC(=O)OC(C)(C)C)CCC3NC(=O)OC(C)(C)C)[C@@H](NC(=O)OC(C)(C)C)C[C@H]2C)OC(CO)[C@H](O)[C@@H]1NC(=O)OC(C)(C)C. The lowest BCUT2D eigenvalue weighted by Gasteiger charge is -2.49. The van der Waals surface area contributed by atoms with Crippen LogP contribution in [0.5, 0.6) is 0 Å². The highest BCUT2D eigenvalue weighted by Gasteiger charge is 2.53. The largest absolute Gasteiger partial charge is 0.455 e. The summed E-state index contributed by atoms with van der Waals surface area (Å²) in [6.45, 7) is 22.3. The van der Waals surface area contributed by atoms with Crippen LogP contribution in [0.2, 0.25) is 0 Å². The fourth-order valence-corrected chi connectivity index (χ4v) is 7.09. The summed E-state index contributed by atoms with van der Waals surface area (Å²) in [6, 6.07) is -3.25. The lowest BCUT2D eigenvalue weighted by Crippen LogP contribution is -2.68. The second-order valence-corrected chi connectivity index (χ2v) is 20.0. The van der Waals surface area contributed by atoms with Gasteiger partial charge in [0.1, 0.15) is 52.9 Å². The highest BCUT2D eigenvalue weighted by atomic mass is 16.7. The van der Waals surface area contributed by atoms with Crippen molar-refractivity contribution in [2.75, 3.05) is 13.2 Å². The molecule has 21 heteroatoms. The lowest BCUT2D eigenvalue weighted by molar-refractivity contribution is -0.321. The van der Waals surface area contributed by atoms with Crippen molar-refractivity contribution in [2.24, 2.45) is 5.92 Å². The van der Waals surface area contributed by atoms with Crippen molar-refractivity contribution in [2.45, 2.75) is 212 Å². The quantitative estimate of drug-likeness (QED) is 0.116. The lowest BCUT2D eigenvalue weighted by atomic mass is 9.80. The van der Waals surface area contributed by atoms with Crippen molar-refractivity contribution in [1.29, 1.82) is 0 Å². The maximum Gasteiger partial charge on any atom is 0.408 e. The first-order valence-electron chi connectivity index (χ1n) is 21.1. The Hall–Kier alpha value is -3.73. The summed E-state index contributed by atoms with van der Waals surface area (Å²) < 4.78 is 52.6. The van der Waals surface area contributed by atoms with E-state index in [9.17, 15) is 39.3 Å². The normalized spacial score (nSPS) is 32.0. The van der Waals surface area contributed by atoms with Crippen LogP contribution in [0, 0.1) is 5.92 Å². The molecule has 0 radical (unpaired) electrons. The Morgan fingerprint density at radius 2 is 1.10 bits per heavy atom. The van der Waals surface area contributed by atoms with Gasteiger partial charge in [0.05, 0.1) is 30.9 Å². The molecule has 6 unspecified atom stereocenters. The number of carbonyl (C=O) groups excluding carboxylic acids is 5. The molecule has 1 saturated carbocycles. The minimum absolute atomic E-state index is 0.00353. The van der Waals surface area contributed by atoms with Crippen LogP contribution < -0.4 is 21.3 Å². The van der Waals surface area contributed by atoms with Crippen molar-refractivity contribution in [3.63, 3.8) is 0 Å². The molecule has 4 amide bonds. The molecule has 2 saturated heterocycles. The molecule has 7 N–H and O–H groups in total. The molecule has 13 atom stereocenters. The fourth-order valence-electron chi connectivity index (χ4n) is 7.09. The number of esters is 1. The first-order chi connectivity index (χ1) is 28.3. The van der Waals surface area contributed by atoms with E-state index in [0.29, 0.717) is 6.42 Å². The summed E-state index contributed by atoms with van der Waals surface area (Å²) in [5.41, 5.74) is -3.45. The smallest absolute Gasteiger partial charge is 0.408 e. The summed E-state index contributed by atoms with van der Waals surface area (Å²) in [7, 11) is 0. The van der Waals surface area contributed by atoms with Crippen LogP contribution in [-0.4, -0.2) is 155 Å². The van der Waals surface area contributed by atoms with Crippen LogP contribution in [0.25, 0.3) is 0 Å². The zero-order chi connectivity index (χ0) is 47.1. The van der Waals surface area contributed by atoms with Crippen LogP contribution in [0.1, 0.15) is 116 Å². The van der Waals surface area contributed by atoms with E-state index in [1.165, 1.54) is 0 Å². The minimum atomic E-state index is -1.64. The van der Waals surface area contributed by atoms with Gasteiger partial charge in [-0.2, -0.15) is 0 Å². The van der Waals surface area contributed by atoms with Gasteiger partial charge < -0.3 is 79.2 Å². The molecular formula is C41H72N4O17. The first kappa shape index (κ1) is 52.6. The molecule has 2 aliphatic heterocycles. The van der Waals surface area contributed by atoms with E-state index >= 15 is 0 Å². The highest BCUT2D eigenvalue weighted by Crippen LogP contribution is 2.36. The second-order valence-electron chi connectivity index (χ2n) is 20.0. The summed E-state index contributed by atoms with van der Waals surface area (Å²) >= 11 is 0. The highest BCUT2D eigenvalue weighted by molar-refractivity contribution is 5.70. The topological polar surface area (TPSA) is 277 Å². The van der Waals surface area contributed by atoms with Crippen molar-refractivity contribution >= 4 is 30.3 Å². The summed E-state index contributed by atoms with van der Waals surface area (Å²) in [5, 5.41) is 44.5. The Balaban J connectivity index is 2.02. The number of alkyl carbamates (subject to hydrolysis) is 4. The molecule has 62 heavy (non-hydrogen) atoms. The Morgan fingerprint density at radius 3 is 1.60 bits per heavy atom. The number of aliphatic hydroxyl groups is 3. The molecule has 0 bridgehead atoms. The summed E-state index contributed by atoms with van der Waals surface area (Å²) in [6.07, 6.45) is -14.8. The number of amides is 4. The molecule has 0 aromatic rings. The first-order valence-corrected chi connectivity index (χ1v) is 21.1. The third-order valence-electron chi connectivity index (χ3n) is 9.42. The van der Waals surface area contributed by atoms with Crippen LogP contribution >= 0.6 is 0 Å². The van der Waals surface area contributed by atoms with Crippen LogP contribution in [0.15, 0.2) is 0 Å². The number of nitrogens with one attached hydrogen (secondary N) is 4. The average molecular weight is 893 g/mol.